The number of allylic oxidation sites excluding steroid dienone is 4. The minimum Gasteiger partial charge on any atom is -0.0802 e. The van der Waals surface area contributed by atoms with Gasteiger partial charge in [-0.25, -0.2) is 0 Å². The molecule has 1 rings (SSSR count). The van der Waals surface area contributed by atoms with Crippen molar-refractivity contribution in [3.05, 3.63) is 23.3 Å². The standard InChI is InChI=1S/C16H28/c1-3-5-6-7-8-9-12-16-14-10-13-15(16)11-4-2/h10,13H,3-9,11-12,14H2,1-2H3. The van der Waals surface area contributed by atoms with Crippen molar-refractivity contribution >= 4 is 0 Å². The van der Waals surface area contributed by atoms with E-state index < -0.39 is 0 Å². The van der Waals surface area contributed by atoms with Gasteiger partial charge in [0.2, 0.25) is 0 Å². The summed E-state index contributed by atoms with van der Waals surface area (Å²) in [5, 5.41) is 0. The molecule has 0 fully saturated rings. The minimum atomic E-state index is 1.24. The molecule has 0 unspecified atom stereocenters. The Labute approximate surface area is 102 Å². The molecule has 0 bridgehead atoms. The van der Waals surface area contributed by atoms with E-state index in [1.54, 1.807) is 11.1 Å². The molecule has 0 saturated carbocycles. The average Bonchev–Trinajstić information content (AvgIpc) is 2.72. The van der Waals surface area contributed by atoms with E-state index in [2.05, 4.69) is 26.0 Å². The second kappa shape index (κ2) is 8.61. The molecule has 92 valence electrons. The Morgan fingerprint density at radius 1 is 0.875 bits per heavy atom. The molecule has 1 aliphatic rings. The van der Waals surface area contributed by atoms with Gasteiger partial charge in [-0.05, 0) is 31.3 Å². The predicted molar refractivity (Wildman–Crippen MR) is 73.7 cm³/mol. The van der Waals surface area contributed by atoms with Crippen LogP contribution in [-0.2, 0) is 0 Å². The molecule has 0 radical (unpaired) electrons. The summed E-state index contributed by atoms with van der Waals surface area (Å²) in [6.07, 6.45) is 18.4. The normalized spacial score (nSPS) is 15.1. The monoisotopic (exact) mass is 220 g/mol. The van der Waals surface area contributed by atoms with Gasteiger partial charge in [0.25, 0.3) is 0 Å². The Morgan fingerprint density at radius 2 is 1.62 bits per heavy atom. The molecule has 0 spiro atoms. The summed E-state index contributed by atoms with van der Waals surface area (Å²) in [6, 6.07) is 0. The van der Waals surface area contributed by atoms with Crippen molar-refractivity contribution in [3.63, 3.8) is 0 Å². The average molecular weight is 220 g/mol. The number of unbranched alkanes of at least 4 members (excludes halogenated alkanes) is 5. The van der Waals surface area contributed by atoms with Gasteiger partial charge in [0.05, 0.1) is 0 Å². The molecule has 0 heteroatoms. The van der Waals surface area contributed by atoms with Crippen LogP contribution >= 0.6 is 0 Å². The van der Waals surface area contributed by atoms with E-state index in [0.717, 1.165) is 0 Å². The van der Waals surface area contributed by atoms with Crippen LogP contribution in [0.25, 0.3) is 0 Å². The molecule has 0 N–H and O–H groups in total. The van der Waals surface area contributed by atoms with Crippen molar-refractivity contribution in [2.75, 3.05) is 0 Å². The number of hydrogen-bond donors (Lipinski definition) is 0. The molecule has 16 heavy (non-hydrogen) atoms. The van der Waals surface area contributed by atoms with Crippen LogP contribution in [0, 0.1) is 0 Å². The summed E-state index contributed by atoms with van der Waals surface area (Å²) in [7, 11) is 0. The van der Waals surface area contributed by atoms with Gasteiger partial charge in [0.15, 0.2) is 0 Å². The zero-order chi connectivity index (χ0) is 11.6. The summed E-state index contributed by atoms with van der Waals surface area (Å²) < 4.78 is 0. The predicted octanol–water partition coefficient (Wildman–Crippen LogP) is 5.79. The van der Waals surface area contributed by atoms with E-state index in [1.807, 2.05) is 0 Å². The third-order valence-electron chi connectivity index (χ3n) is 3.49. The maximum atomic E-state index is 2.36. The van der Waals surface area contributed by atoms with Gasteiger partial charge >= 0.3 is 0 Å². The van der Waals surface area contributed by atoms with Gasteiger partial charge in [-0.3, -0.25) is 0 Å². The maximum absolute atomic E-state index is 2.36. The first kappa shape index (κ1) is 13.5. The van der Waals surface area contributed by atoms with Crippen molar-refractivity contribution < 1.29 is 0 Å². The van der Waals surface area contributed by atoms with Crippen LogP contribution in [0.5, 0.6) is 0 Å². The molecular formula is C16H28. The zero-order valence-corrected chi connectivity index (χ0v) is 11.2. The van der Waals surface area contributed by atoms with Crippen molar-refractivity contribution in [1.82, 2.24) is 0 Å². The first-order chi connectivity index (χ1) is 7.88. The van der Waals surface area contributed by atoms with E-state index in [1.165, 1.54) is 64.2 Å². The van der Waals surface area contributed by atoms with Crippen molar-refractivity contribution in [1.29, 1.82) is 0 Å². The first-order valence-electron chi connectivity index (χ1n) is 7.26. The molecule has 0 saturated heterocycles. The maximum Gasteiger partial charge on any atom is -0.0130 e. The highest BCUT2D eigenvalue weighted by molar-refractivity contribution is 5.33. The summed E-state index contributed by atoms with van der Waals surface area (Å²) in [6.45, 7) is 4.56. The van der Waals surface area contributed by atoms with Crippen LogP contribution in [0.15, 0.2) is 23.3 Å². The lowest BCUT2D eigenvalue weighted by Crippen LogP contribution is -1.87. The molecule has 0 amide bonds. The van der Waals surface area contributed by atoms with Crippen LogP contribution in [0.4, 0.5) is 0 Å². The second-order valence-electron chi connectivity index (χ2n) is 5.00. The zero-order valence-electron chi connectivity index (χ0n) is 11.2. The number of rotatable bonds is 9. The fraction of sp³-hybridized carbons (Fsp3) is 0.750. The minimum absolute atomic E-state index is 1.24. The molecule has 0 aromatic rings. The van der Waals surface area contributed by atoms with Crippen LogP contribution in [0.1, 0.15) is 78.1 Å². The van der Waals surface area contributed by atoms with Gasteiger partial charge in [-0.1, -0.05) is 70.1 Å². The topological polar surface area (TPSA) is 0 Å². The highest BCUT2D eigenvalue weighted by Crippen LogP contribution is 2.27. The summed E-state index contributed by atoms with van der Waals surface area (Å²) in [5.41, 5.74) is 3.38. The Kier molecular flexibility index (Phi) is 7.29. The molecule has 1 aliphatic carbocycles. The third-order valence-corrected chi connectivity index (χ3v) is 3.49. The van der Waals surface area contributed by atoms with Crippen LogP contribution in [0.2, 0.25) is 0 Å². The van der Waals surface area contributed by atoms with Crippen LogP contribution in [0.3, 0.4) is 0 Å². The van der Waals surface area contributed by atoms with Gasteiger partial charge in [0.1, 0.15) is 0 Å². The van der Waals surface area contributed by atoms with Gasteiger partial charge in [-0.2, -0.15) is 0 Å². The van der Waals surface area contributed by atoms with Crippen molar-refractivity contribution in [2.45, 2.75) is 78.1 Å². The molecule has 0 aliphatic heterocycles. The largest absolute Gasteiger partial charge is 0.0802 e. The second-order valence-corrected chi connectivity index (χ2v) is 5.00. The van der Waals surface area contributed by atoms with Gasteiger partial charge in [-0.15, -0.1) is 0 Å². The Morgan fingerprint density at radius 3 is 2.38 bits per heavy atom. The Balaban J connectivity index is 2.10. The molecule has 0 aromatic carbocycles. The molecular weight excluding hydrogens is 192 g/mol. The van der Waals surface area contributed by atoms with E-state index in [-0.39, 0.29) is 0 Å². The summed E-state index contributed by atoms with van der Waals surface area (Å²) in [4.78, 5) is 0. The number of hydrogen-bond acceptors (Lipinski definition) is 0. The van der Waals surface area contributed by atoms with Crippen LogP contribution < -0.4 is 0 Å². The highest BCUT2D eigenvalue weighted by atomic mass is 14.1. The van der Waals surface area contributed by atoms with Gasteiger partial charge < -0.3 is 0 Å². The first-order valence-corrected chi connectivity index (χ1v) is 7.26. The lowest BCUT2D eigenvalue weighted by atomic mass is 10.00. The SMILES string of the molecule is CCCCCCCCC1=C(CCC)C=CC1. The molecule has 0 nitrogen and oxygen atoms in total. The summed E-state index contributed by atoms with van der Waals surface area (Å²) in [5.74, 6) is 0. The Bertz CT molecular complexity index is 232. The molecule has 0 heterocycles. The van der Waals surface area contributed by atoms with Crippen molar-refractivity contribution in [3.8, 4) is 0 Å². The third kappa shape index (κ3) is 5.01. The lowest BCUT2D eigenvalue weighted by molar-refractivity contribution is 0.604. The summed E-state index contributed by atoms with van der Waals surface area (Å²) >= 11 is 0. The lowest BCUT2D eigenvalue weighted by Gasteiger charge is -2.06. The molecule has 0 atom stereocenters. The molecule has 0 aromatic heterocycles. The van der Waals surface area contributed by atoms with Crippen molar-refractivity contribution in [2.24, 2.45) is 0 Å². The highest BCUT2D eigenvalue weighted by Gasteiger charge is 2.07. The van der Waals surface area contributed by atoms with Gasteiger partial charge in [0, 0.05) is 0 Å². The van der Waals surface area contributed by atoms with E-state index in [0.29, 0.717) is 0 Å². The van der Waals surface area contributed by atoms with E-state index >= 15 is 0 Å². The van der Waals surface area contributed by atoms with E-state index in [9.17, 15) is 0 Å². The quantitative estimate of drug-likeness (QED) is 0.431. The smallest absolute Gasteiger partial charge is 0.0130 e. The fourth-order valence-corrected chi connectivity index (χ4v) is 2.50. The van der Waals surface area contributed by atoms with Crippen LogP contribution in [-0.4, -0.2) is 0 Å². The Hall–Kier alpha value is -0.520. The van der Waals surface area contributed by atoms with E-state index in [4.69, 9.17) is 0 Å². The fourth-order valence-electron chi connectivity index (χ4n) is 2.50.